The highest BCUT2D eigenvalue weighted by Gasteiger charge is 2.34. The van der Waals surface area contributed by atoms with Gasteiger partial charge in [0.25, 0.3) is 0 Å². The standard InChI is InChI=1S/C17H22F3N5O2/c1-27-10-9-25-16(21-22-23-25)15(24-7-5-14(26)6-8-24)12-3-2-4-13(11-12)17(18,19)20/h2-4,11,14-15,26H,5-10H2,1H3. The summed E-state index contributed by atoms with van der Waals surface area (Å²) in [5.74, 6) is 0.461. The van der Waals surface area contributed by atoms with E-state index in [2.05, 4.69) is 15.5 Å². The molecule has 1 aromatic carbocycles. The second-order valence-corrected chi connectivity index (χ2v) is 6.55. The van der Waals surface area contributed by atoms with Gasteiger partial charge in [-0.1, -0.05) is 12.1 Å². The van der Waals surface area contributed by atoms with Gasteiger partial charge in [0.05, 0.1) is 30.9 Å². The number of aliphatic hydroxyl groups excluding tert-OH is 1. The number of methoxy groups -OCH3 is 1. The van der Waals surface area contributed by atoms with Crippen LogP contribution < -0.4 is 0 Å². The molecule has 0 amide bonds. The van der Waals surface area contributed by atoms with Gasteiger partial charge in [-0.15, -0.1) is 5.10 Å². The maximum atomic E-state index is 13.2. The van der Waals surface area contributed by atoms with Crippen molar-refractivity contribution >= 4 is 0 Å². The molecule has 0 bridgehead atoms. The molecule has 1 aliphatic heterocycles. The lowest BCUT2D eigenvalue weighted by atomic mass is 9.98. The molecule has 0 saturated carbocycles. The minimum Gasteiger partial charge on any atom is -0.393 e. The zero-order chi connectivity index (χ0) is 19.4. The average Bonchev–Trinajstić information content (AvgIpc) is 3.09. The zero-order valence-electron chi connectivity index (χ0n) is 14.9. The minimum atomic E-state index is -4.43. The van der Waals surface area contributed by atoms with E-state index in [1.54, 1.807) is 17.9 Å². The van der Waals surface area contributed by atoms with Crippen LogP contribution in [0.4, 0.5) is 13.2 Å². The van der Waals surface area contributed by atoms with Gasteiger partial charge in [0, 0.05) is 20.2 Å². The quantitative estimate of drug-likeness (QED) is 0.818. The predicted octanol–water partition coefficient (Wildman–Crippen LogP) is 1.88. The molecule has 1 saturated heterocycles. The van der Waals surface area contributed by atoms with Crippen molar-refractivity contribution in [3.63, 3.8) is 0 Å². The van der Waals surface area contributed by atoms with Crippen LogP contribution in [0.3, 0.4) is 0 Å². The first kappa shape index (κ1) is 19.7. The van der Waals surface area contributed by atoms with Crippen LogP contribution in [-0.2, 0) is 17.5 Å². The van der Waals surface area contributed by atoms with E-state index in [1.165, 1.54) is 6.07 Å². The van der Waals surface area contributed by atoms with Crippen LogP contribution in [0.2, 0.25) is 0 Å². The molecule has 7 nitrogen and oxygen atoms in total. The highest BCUT2D eigenvalue weighted by molar-refractivity contribution is 5.31. The van der Waals surface area contributed by atoms with Gasteiger partial charge >= 0.3 is 6.18 Å². The van der Waals surface area contributed by atoms with Gasteiger partial charge in [-0.05, 0) is 41.0 Å². The van der Waals surface area contributed by atoms with Crippen molar-refractivity contribution in [1.29, 1.82) is 0 Å². The maximum Gasteiger partial charge on any atom is 0.416 e. The third kappa shape index (κ3) is 4.63. The first-order valence-electron chi connectivity index (χ1n) is 8.74. The Bertz CT molecular complexity index is 744. The van der Waals surface area contributed by atoms with E-state index >= 15 is 0 Å². The number of rotatable bonds is 6. The normalized spacial score (nSPS) is 18.0. The fourth-order valence-corrected chi connectivity index (χ4v) is 3.30. The third-order valence-electron chi connectivity index (χ3n) is 4.71. The van der Waals surface area contributed by atoms with E-state index in [4.69, 9.17) is 4.74 Å². The maximum absolute atomic E-state index is 13.2. The Balaban J connectivity index is 2.00. The largest absolute Gasteiger partial charge is 0.416 e. The van der Waals surface area contributed by atoms with Crippen molar-refractivity contribution in [1.82, 2.24) is 25.1 Å². The number of hydrogen-bond donors (Lipinski definition) is 1. The van der Waals surface area contributed by atoms with Crippen molar-refractivity contribution in [2.45, 2.75) is 37.7 Å². The number of benzene rings is 1. The van der Waals surface area contributed by atoms with Gasteiger partial charge in [-0.2, -0.15) is 13.2 Å². The van der Waals surface area contributed by atoms with Crippen molar-refractivity contribution in [2.75, 3.05) is 26.8 Å². The summed E-state index contributed by atoms with van der Waals surface area (Å²) in [6.45, 7) is 1.86. The van der Waals surface area contributed by atoms with Crippen molar-refractivity contribution in [2.24, 2.45) is 0 Å². The van der Waals surface area contributed by atoms with Crippen LogP contribution in [0, 0.1) is 0 Å². The Morgan fingerprint density at radius 3 is 2.70 bits per heavy atom. The summed E-state index contributed by atoms with van der Waals surface area (Å²) in [6.07, 6.45) is -3.72. The van der Waals surface area contributed by atoms with E-state index in [9.17, 15) is 18.3 Å². The van der Waals surface area contributed by atoms with E-state index in [0.717, 1.165) is 12.1 Å². The second kappa shape index (κ2) is 8.32. The highest BCUT2D eigenvalue weighted by Crippen LogP contribution is 2.34. The van der Waals surface area contributed by atoms with E-state index in [-0.39, 0.29) is 0 Å². The Morgan fingerprint density at radius 1 is 1.30 bits per heavy atom. The molecule has 148 valence electrons. The molecule has 1 aliphatic rings. The number of hydrogen-bond acceptors (Lipinski definition) is 6. The number of halogens is 3. The monoisotopic (exact) mass is 385 g/mol. The van der Waals surface area contributed by atoms with Gasteiger partial charge in [0.15, 0.2) is 5.82 Å². The van der Waals surface area contributed by atoms with Crippen molar-refractivity contribution in [3.8, 4) is 0 Å². The molecule has 2 heterocycles. The van der Waals surface area contributed by atoms with Crippen molar-refractivity contribution < 1.29 is 23.0 Å². The van der Waals surface area contributed by atoms with E-state index in [0.29, 0.717) is 50.5 Å². The second-order valence-electron chi connectivity index (χ2n) is 6.55. The van der Waals surface area contributed by atoms with Crippen LogP contribution in [-0.4, -0.2) is 63.1 Å². The number of alkyl halides is 3. The van der Waals surface area contributed by atoms with Crippen LogP contribution in [0.15, 0.2) is 24.3 Å². The van der Waals surface area contributed by atoms with Gasteiger partial charge < -0.3 is 9.84 Å². The summed E-state index contributed by atoms with van der Waals surface area (Å²) in [5.41, 5.74) is -0.243. The van der Waals surface area contributed by atoms with Crippen LogP contribution in [0.25, 0.3) is 0 Å². The van der Waals surface area contributed by atoms with Gasteiger partial charge in [0.2, 0.25) is 0 Å². The van der Waals surface area contributed by atoms with Gasteiger partial charge in [-0.3, -0.25) is 4.90 Å². The lowest BCUT2D eigenvalue weighted by molar-refractivity contribution is -0.137. The molecule has 2 aromatic rings. The fourth-order valence-electron chi connectivity index (χ4n) is 3.30. The average molecular weight is 385 g/mol. The Labute approximate surface area is 154 Å². The molecule has 1 atom stereocenters. The Kier molecular flexibility index (Phi) is 6.08. The van der Waals surface area contributed by atoms with Crippen LogP contribution in [0.5, 0.6) is 0 Å². The van der Waals surface area contributed by atoms with Crippen LogP contribution >= 0.6 is 0 Å². The molecule has 10 heteroatoms. The molecule has 0 radical (unpaired) electrons. The molecule has 0 aliphatic carbocycles. The number of piperidine rings is 1. The van der Waals surface area contributed by atoms with E-state index < -0.39 is 23.9 Å². The minimum absolute atomic E-state index is 0.381. The lowest BCUT2D eigenvalue weighted by Gasteiger charge is -2.35. The molecule has 3 rings (SSSR count). The third-order valence-corrected chi connectivity index (χ3v) is 4.71. The molecule has 1 N–H and O–H groups in total. The smallest absolute Gasteiger partial charge is 0.393 e. The number of nitrogens with zero attached hydrogens (tertiary/aromatic N) is 5. The first-order chi connectivity index (χ1) is 12.9. The van der Waals surface area contributed by atoms with Gasteiger partial charge in [-0.25, -0.2) is 4.68 Å². The summed E-state index contributed by atoms with van der Waals surface area (Å²) < 4.78 is 46.2. The number of aromatic nitrogens is 4. The topological polar surface area (TPSA) is 76.3 Å². The first-order valence-corrected chi connectivity index (χ1v) is 8.74. The van der Waals surface area contributed by atoms with Crippen LogP contribution in [0.1, 0.15) is 35.8 Å². The molecule has 1 fully saturated rings. The SMILES string of the molecule is COCCn1nnnc1C(c1cccc(C(F)(F)F)c1)N1CCC(O)CC1. The Morgan fingerprint density at radius 2 is 2.04 bits per heavy atom. The molecular formula is C17H22F3N5O2. The number of ether oxygens (including phenoxy) is 1. The molecule has 1 unspecified atom stereocenters. The number of tetrazole rings is 1. The fraction of sp³-hybridized carbons (Fsp3) is 0.588. The molecule has 0 spiro atoms. The van der Waals surface area contributed by atoms with Crippen molar-refractivity contribution in [3.05, 3.63) is 41.2 Å². The molecular weight excluding hydrogens is 363 g/mol. The summed E-state index contributed by atoms with van der Waals surface area (Å²) in [5, 5.41) is 21.6. The highest BCUT2D eigenvalue weighted by atomic mass is 19.4. The lowest BCUT2D eigenvalue weighted by Crippen LogP contribution is -2.40. The van der Waals surface area contributed by atoms with E-state index in [1.807, 2.05) is 4.90 Å². The predicted molar refractivity (Wildman–Crippen MR) is 89.8 cm³/mol. The Hall–Kier alpha value is -2.04. The van der Waals surface area contributed by atoms with Gasteiger partial charge in [0.1, 0.15) is 0 Å². The summed E-state index contributed by atoms with van der Waals surface area (Å²) in [7, 11) is 1.56. The number of aliphatic hydroxyl groups is 1. The summed E-state index contributed by atoms with van der Waals surface area (Å²) in [4.78, 5) is 2.01. The summed E-state index contributed by atoms with van der Waals surface area (Å²) in [6, 6.07) is 4.71. The molecule has 27 heavy (non-hydrogen) atoms. The zero-order valence-corrected chi connectivity index (χ0v) is 14.9. The summed E-state index contributed by atoms with van der Waals surface area (Å²) >= 11 is 0. The molecule has 1 aromatic heterocycles. The number of likely N-dealkylation sites (tertiary alicyclic amines) is 1.